The van der Waals surface area contributed by atoms with Crippen molar-refractivity contribution in [2.75, 3.05) is 19.8 Å². The molecule has 39 heavy (non-hydrogen) atoms. The van der Waals surface area contributed by atoms with E-state index in [4.69, 9.17) is 9.47 Å². The highest BCUT2D eigenvalue weighted by atomic mass is 16.6. The highest BCUT2D eigenvalue weighted by Crippen LogP contribution is 2.59. The molecular weight excluding hydrogens is 496 g/mol. The third-order valence-electron chi connectivity index (χ3n) is 9.13. The Morgan fingerprint density at radius 1 is 1.15 bits per heavy atom. The van der Waals surface area contributed by atoms with Crippen molar-refractivity contribution in [3.8, 4) is 0 Å². The van der Waals surface area contributed by atoms with Crippen LogP contribution >= 0.6 is 0 Å². The summed E-state index contributed by atoms with van der Waals surface area (Å²) in [6.07, 6.45) is 9.28. The molecule has 3 aliphatic heterocycles. The summed E-state index contributed by atoms with van der Waals surface area (Å²) in [6, 6.07) is 8.12. The number of carbonyl (C=O) groups excluding carboxylic acids is 3. The van der Waals surface area contributed by atoms with E-state index in [1.54, 1.807) is 11.0 Å². The molecule has 4 aliphatic rings. The summed E-state index contributed by atoms with van der Waals surface area (Å²) < 4.78 is 12.0. The number of likely N-dealkylation sites (tertiary alicyclic amines) is 1. The second kappa shape index (κ2) is 11.6. The van der Waals surface area contributed by atoms with Crippen molar-refractivity contribution in [1.82, 2.24) is 9.80 Å². The molecule has 0 radical (unpaired) electrons. The van der Waals surface area contributed by atoms with Gasteiger partial charge in [0, 0.05) is 12.6 Å². The van der Waals surface area contributed by atoms with Crippen LogP contribution in [0.5, 0.6) is 0 Å². The lowest BCUT2D eigenvalue weighted by Gasteiger charge is -2.42. The molecule has 1 aliphatic carbocycles. The number of fused-ring (bicyclic) bond motifs is 1. The molecule has 1 aromatic rings. The molecule has 0 aromatic heterocycles. The van der Waals surface area contributed by atoms with Gasteiger partial charge in [0.25, 0.3) is 0 Å². The van der Waals surface area contributed by atoms with Gasteiger partial charge in [-0.3, -0.25) is 14.4 Å². The van der Waals surface area contributed by atoms with E-state index in [9.17, 15) is 19.5 Å². The lowest BCUT2D eigenvalue weighted by atomic mass is 9.70. The van der Waals surface area contributed by atoms with Crippen molar-refractivity contribution in [2.24, 2.45) is 11.8 Å². The lowest BCUT2D eigenvalue weighted by molar-refractivity contribution is -0.156. The summed E-state index contributed by atoms with van der Waals surface area (Å²) in [5, 5.41) is 10.6. The summed E-state index contributed by atoms with van der Waals surface area (Å²) in [7, 11) is 0. The third-order valence-corrected chi connectivity index (χ3v) is 9.13. The zero-order chi connectivity index (χ0) is 27.6. The first-order valence-electron chi connectivity index (χ1n) is 14.3. The number of aliphatic hydroxyl groups is 1. The van der Waals surface area contributed by atoms with Crippen LogP contribution in [0.2, 0.25) is 0 Å². The van der Waals surface area contributed by atoms with Crippen molar-refractivity contribution < 1.29 is 29.0 Å². The molecule has 1 N–H and O–H groups in total. The Hall–Kier alpha value is -2.97. The number of ether oxygens (including phenoxy) is 2. The van der Waals surface area contributed by atoms with E-state index in [1.807, 2.05) is 35.2 Å². The monoisotopic (exact) mass is 536 g/mol. The largest absolute Gasteiger partial charge is 0.461 e. The minimum absolute atomic E-state index is 0.0457. The van der Waals surface area contributed by atoms with Crippen molar-refractivity contribution in [3.05, 3.63) is 61.2 Å². The molecule has 1 saturated carbocycles. The van der Waals surface area contributed by atoms with E-state index in [0.29, 0.717) is 25.8 Å². The molecule has 1 spiro atoms. The summed E-state index contributed by atoms with van der Waals surface area (Å²) in [4.78, 5) is 45.6. The minimum atomic E-state index is -1.13. The topological polar surface area (TPSA) is 96.4 Å². The Bertz CT molecular complexity index is 1090. The van der Waals surface area contributed by atoms with E-state index in [2.05, 4.69) is 13.2 Å². The second-order valence-corrected chi connectivity index (χ2v) is 11.3. The number of amides is 2. The van der Waals surface area contributed by atoms with Crippen LogP contribution in [0.1, 0.15) is 50.5 Å². The van der Waals surface area contributed by atoms with E-state index < -0.39 is 41.6 Å². The molecule has 4 fully saturated rings. The number of benzene rings is 1. The van der Waals surface area contributed by atoms with Gasteiger partial charge in [-0.2, -0.15) is 0 Å². The highest BCUT2D eigenvalue weighted by molar-refractivity contribution is 5.98. The second-order valence-electron chi connectivity index (χ2n) is 11.3. The Balaban J connectivity index is 1.55. The molecule has 2 unspecified atom stereocenters. The average molecular weight is 537 g/mol. The van der Waals surface area contributed by atoms with Crippen molar-refractivity contribution >= 4 is 17.8 Å². The molecule has 3 heterocycles. The highest BCUT2D eigenvalue weighted by Gasteiger charge is 2.75. The smallest absolute Gasteiger partial charge is 0.312 e. The van der Waals surface area contributed by atoms with E-state index in [0.717, 1.165) is 37.7 Å². The van der Waals surface area contributed by atoms with Crippen LogP contribution in [0.25, 0.3) is 0 Å². The predicted octanol–water partition coefficient (Wildman–Crippen LogP) is 3.04. The van der Waals surface area contributed by atoms with E-state index in [-0.39, 0.29) is 31.1 Å². The fraction of sp³-hybridized carbons (Fsp3) is 0.581. The number of rotatable bonds is 11. The first kappa shape index (κ1) is 27.6. The zero-order valence-electron chi connectivity index (χ0n) is 22.6. The first-order chi connectivity index (χ1) is 19.0. The zero-order valence-corrected chi connectivity index (χ0v) is 22.6. The SMILES string of the molecule is C=CCOC(=O)[C@@H]1[C@H]2C(=O)N([C@@H](CO)Cc3ccccc3)C(C(=O)N(CC=C)C3CCCCC3)C23CC[C@H]1O3. The Morgan fingerprint density at radius 3 is 2.56 bits per heavy atom. The maximum absolute atomic E-state index is 14.6. The number of aliphatic hydroxyl groups excluding tert-OH is 1. The number of hydrogen-bond acceptors (Lipinski definition) is 6. The van der Waals surface area contributed by atoms with Gasteiger partial charge in [0.15, 0.2) is 0 Å². The van der Waals surface area contributed by atoms with Crippen LogP contribution in [0.4, 0.5) is 0 Å². The van der Waals surface area contributed by atoms with Crippen LogP contribution in [-0.4, -0.2) is 82.3 Å². The molecule has 1 aromatic carbocycles. The van der Waals surface area contributed by atoms with Crippen LogP contribution in [-0.2, 0) is 30.3 Å². The lowest BCUT2D eigenvalue weighted by Crippen LogP contribution is -2.60. The van der Waals surface area contributed by atoms with Crippen molar-refractivity contribution in [2.45, 2.75) is 81.2 Å². The maximum Gasteiger partial charge on any atom is 0.312 e. The molecule has 8 nitrogen and oxygen atoms in total. The Labute approximate surface area is 230 Å². The van der Waals surface area contributed by atoms with Gasteiger partial charge in [0.2, 0.25) is 11.8 Å². The standard InChI is InChI=1S/C31H40N2O6/c1-3-17-32(22-13-9-6-10-14-22)29(36)27-31-16-15-24(39-31)25(30(37)38-18-4-2)26(31)28(35)33(27)23(20-34)19-21-11-7-5-8-12-21/h3-5,7-8,11-12,22-27,34H,1-2,6,9-10,13-20H2/t23-,24-,25+,26+,27?,31?/m1/s1. The quantitative estimate of drug-likeness (QED) is 0.345. The number of carbonyl (C=O) groups is 3. The molecule has 210 valence electrons. The van der Waals surface area contributed by atoms with E-state index >= 15 is 0 Å². The summed E-state index contributed by atoms with van der Waals surface area (Å²) in [5.74, 6) is -2.60. The molecule has 6 atom stereocenters. The van der Waals surface area contributed by atoms with Crippen LogP contribution < -0.4 is 0 Å². The van der Waals surface area contributed by atoms with Gasteiger partial charge in [0.05, 0.1) is 30.6 Å². The first-order valence-corrected chi connectivity index (χ1v) is 14.3. The fourth-order valence-electron chi connectivity index (χ4n) is 7.51. The number of hydrogen-bond donors (Lipinski definition) is 1. The van der Waals surface area contributed by atoms with Gasteiger partial charge in [0.1, 0.15) is 18.2 Å². The minimum Gasteiger partial charge on any atom is -0.461 e. The third kappa shape index (κ3) is 4.82. The Kier molecular flexibility index (Phi) is 8.24. The summed E-state index contributed by atoms with van der Waals surface area (Å²) in [5.41, 5.74) is -0.179. The van der Waals surface area contributed by atoms with Crippen LogP contribution in [0.15, 0.2) is 55.6 Å². The predicted molar refractivity (Wildman–Crippen MR) is 145 cm³/mol. The summed E-state index contributed by atoms with van der Waals surface area (Å²) >= 11 is 0. The van der Waals surface area contributed by atoms with Gasteiger partial charge in [-0.1, -0.05) is 68.3 Å². The summed E-state index contributed by atoms with van der Waals surface area (Å²) in [6.45, 7) is 7.63. The number of nitrogens with zero attached hydrogens (tertiary/aromatic N) is 2. The molecule has 8 heteroatoms. The molecule has 2 bridgehead atoms. The van der Waals surface area contributed by atoms with Gasteiger partial charge in [-0.05, 0) is 37.7 Å². The Morgan fingerprint density at radius 2 is 1.90 bits per heavy atom. The molecule has 2 amide bonds. The maximum atomic E-state index is 14.6. The van der Waals surface area contributed by atoms with E-state index in [1.165, 1.54) is 6.08 Å². The van der Waals surface area contributed by atoms with Gasteiger partial charge >= 0.3 is 5.97 Å². The molecule has 5 rings (SSSR count). The van der Waals surface area contributed by atoms with Gasteiger partial charge in [-0.15, -0.1) is 6.58 Å². The van der Waals surface area contributed by atoms with Gasteiger partial charge < -0.3 is 24.4 Å². The van der Waals surface area contributed by atoms with Crippen LogP contribution in [0.3, 0.4) is 0 Å². The van der Waals surface area contributed by atoms with Crippen molar-refractivity contribution in [1.29, 1.82) is 0 Å². The normalized spacial score (nSPS) is 30.6. The molecular formula is C31H40N2O6. The number of esters is 1. The fourth-order valence-corrected chi connectivity index (χ4v) is 7.51. The molecule has 3 saturated heterocycles. The van der Waals surface area contributed by atoms with Crippen molar-refractivity contribution in [3.63, 3.8) is 0 Å². The van der Waals surface area contributed by atoms with Crippen LogP contribution in [0, 0.1) is 11.8 Å². The average Bonchev–Trinajstić information content (AvgIpc) is 3.61. The van der Waals surface area contributed by atoms with Gasteiger partial charge in [-0.25, -0.2) is 0 Å².